The van der Waals surface area contributed by atoms with Gasteiger partial charge in [0.2, 0.25) is 5.91 Å². The fraction of sp³-hybridized carbons (Fsp3) is 0.238. The standard InChI is InChI=1S/C21H19F3N2O4/c1-13-10-16(14(2)30-13)20(28)26(11-15-6-5-9-29-15)12-19(27)25-18-8-4-3-7-17(18)21(22,23)24/h3-10H,11-12H2,1-2H3,(H,25,27). The number of nitrogens with one attached hydrogen (secondary N) is 1. The summed E-state index contributed by atoms with van der Waals surface area (Å²) in [4.78, 5) is 26.7. The third-order valence-corrected chi connectivity index (χ3v) is 4.33. The highest BCUT2D eigenvalue weighted by Gasteiger charge is 2.34. The second kappa shape index (κ2) is 8.48. The molecular weight excluding hydrogens is 401 g/mol. The summed E-state index contributed by atoms with van der Waals surface area (Å²) in [5.74, 6) is 0.0521. The molecule has 0 aliphatic rings. The van der Waals surface area contributed by atoms with Gasteiger partial charge in [0.1, 0.15) is 23.8 Å². The topological polar surface area (TPSA) is 75.7 Å². The zero-order valence-electron chi connectivity index (χ0n) is 16.2. The molecule has 0 spiro atoms. The van der Waals surface area contributed by atoms with Crippen molar-refractivity contribution in [1.29, 1.82) is 0 Å². The predicted octanol–water partition coefficient (Wildman–Crippen LogP) is 4.79. The average molecular weight is 420 g/mol. The molecule has 0 radical (unpaired) electrons. The van der Waals surface area contributed by atoms with Gasteiger partial charge in [0.05, 0.1) is 29.6 Å². The van der Waals surface area contributed by atoms with Gasteiger partial charge < -0.3 is 19.1 Å². The van der Waals surface area contributed by atoms with Gasteiger partial charge >= 0.3 is 6.18 Å². The van der Waals surface area contributed by atoms with Crippen LogP contribution in [0.4, 0.5) is 18.9 Å². The Hall–Kier alpha value is -3.49. The smallest absolute Gasteiger partial charge is 0.418 e. The minimum atomic E-state index is -4.63. The molecule has 2 aromatic heterocycles. The van der Waals surface area contributed by atoms with Crippen molar-refractivity contribution in [2.75, 3.05) is 11.9 Å². The molecule has 0 saturated carbocycles. The van der Waals surface area contributed by atoms with Gasteiger partial charge in [-0.1, -0.05) is 12.1 Å². The quantitative estimate of drug-likeness (QED) is 0.622. The summed E-state index contributed by atoms with van der Waals surface area (Å²) in [5, 5.41) is 2.25. The van der Waals surface area contributed by atoms with Gasteiger partial charge in [0.15, 0.2) is 0 Å². The van der Waals surface area contributed by atoms with Gasteiger partial charge in [-0.25, -0.2) is 0 Å². The largest absolute Gasteiger partial charge is 0.467 e. The second-order valence-corrected chi connectivity index (χ2v) is 6.66. The number of para-hydroxylation sites is 1. The summed E-state index contributed by atoms with van der Waals surface area (Å²) < 4.78 is 50.1. The van der Waals surface area contributed by atoms with E-state index in [4.69, 9.17) is 8.83 Å². The monoisotopic (exact) mass is 420 g/mol. The second-order valence-electron chi connectivity index (χ2n) is 6.66. The van der Waals surface area contributed by atoms with E-state index < -0.39 is 30.1 Å². The van der Waals surface area contributed by atoms with Crippen LogP contribution in [0.3, 0.4) is 0 Å². The van der Waals surface area contributed by atoms with Crippen LogP contribution in [0.1, 0.15) is 33.2 Å². The maximum atomic E-state index is 13.2. The molecule has 0 bridgehead atoms. The van der Waals surface area contributed by atoms with E-state index >= 15 is 0 Å². The molecule has 0 fully saturated rings. The van der Waals surface area contributed by atoms with Crippen LogP contribution in [0, 0.1) is 13.8 Å². The minimum absolute atomic E-state index is 0.0379. The Morgan fingerprint density at radius 2 is 1.83 bits per heavy atom. The summed E-state index contributed by atoms with van der Waals surface area (Å²) in [6.45, 7) is 2.78. The van der Waals surface area contributed by atoms with Crippen LogP contribution in [-0.4, -0.2) is 23.3 Å². The minimum Gasteiger partial charge on any atom is -0.467 e. The molecule has 1 N–H and O–H groups in total. The van der Waals surface area contributed by atoms with Crippen molar-refractivity contribution in [2.45, 2.75) is 26.6 Å². The molecule has 0 aliphatic heterocycles. The van der Waals surface area contributed by atoms with Crippen LogP contribution in [0.15, 0.2) is 57.6 Å². The molecular formula is C21H19F3N2O4. The molecule has 3 rings (SSSR count). The normalized spacial score (nSPS) is 11.4. The lowest BCUT2D eigenvalue weighted by Gasteiger charge is -2.21. The van der Waals surface area contributed by atoms with Gasteiger partial charge in [-0.05, 0) is 44.2 Å². The number of benzene rings is 1. The molecule has 1 aromatic carbocycles. The molecule has 0 unspecified atom stereocenters. The Morgan fingerprint density at radius 3 is 2.43 bits per heavy atom. The molecule has 30 heavy (non-hydrogen) atoms. The van der Waals surface area contributed by atoms with Crippen molar-refractivity contribution in [3.63, 3.8) is 0 Å². The first-order valence-electron chi connectivity index (χ1n) is 9.00. The van der Waals surface area contributed by atoms with Crippen LogP contribution in [-0.2, 0) is 17.5 Å². The number of halogens is 3. The molecule has 6 nitrogen and oxygen atoms in total. The summed E-state index contributed by atoms with van der Waals surface area (Å²) in [7, 11) is 0. The summed E-state index contributed by atoms with van der Waals surface area (Å²) in [6, 6.07) is 9.45. The number of nitrogens with zero attached hydrogens (tertiary/aromatic N) is 1. The average Bonchev–Trinajstić information content (AvgIpc) is 3.29. The zero-order valence-corrected chi connectivity index (χ0v) is 16.2. The molecule has 2 amide bonds. The first-order valence-corrected chi connectivity index (χ1v) is 9.00. The lowest BCUT2D eigenvalue weighted by Crippen LogP contribution is -2.37. The predicted molar refractivity (Wildman–Crippen MR) is 102 cm³/mol. The van der Waals surface area contributed by atoms with Gasteiger partial charge in [0.25, 0.3) is 5.91 Å². The molecule has 2 heterocycles. The molecule has 0 saturated heterocycles. The molecule has 9 heteroatoms. The lowest BCUT2D eigenvalue weighted by molar-refractivity contribution is -0.137. The molecule has 0 aliphatic carbocycles. The van der Waals surface area contributed by atoms with E-state index in [2.05, 4.69) is 5.32 Å². The summed E-state index contributed by atoms with van der Waals surface area (Å²) in [6.07, 6.45) is -3.20. The third-order valence-electron chi connectivity index (χ3n) is 4.33. The number of hydrogen-bond acceptors (Lipinski definition) is 4. The number of furan rings is 2. The van der Waals surface area contributed by atoms with Crippen molar-refractivity contribution in [3.8, 4) is 0 Å². The van der Waals surface area contributed by atoms with Crippen LogP contribution in [0.25, 0.3) is 0 Å². The number of hydrogen-bond donors (Lipinski definition) is 1. The number of anilines is 1. The van der Waals surface area contributed by atoms with E-state index in [-0.39, 0.29) is 17.8 Å². The van der Waals surface area contributed by atoms with E-state index in [0.717, 1.165) is 12.1 Å². The van der Waals surface area contributed by atoms with Crippen molar-refractivity contribution in [3.05, 3.63) is 77.1 Å². The van der Waals surface area contributed by atoms with E-state index in [0.29, 0.717) is 17.3 Å². The van der Waals surface area contributed by atoms with Crippen LogP contribution in [0.5, 0.6) is 0 Å². The van der Waals surface area contributed by atoms with Crippen molar-refractivity contribution >= 4 is 17.5 Å². The van der Waals surface area contributed by atoms with Gasteiger partial charge in [-0.15, -0.1) is 0 Å². The maximum Gasteiger partial charge on any atom is 0.418 e. The van der Waals surface area contributed by atoms with Crippen molar-refractivity contribution < 1.29 is 31.6 Å². The zero-order chi connectivity index (χ0) is 21.9. The number of carbonyl (C=O) groups excluding carboxylic acids is 2. The molecule has 0 atom stereocenters. The van der Waals surface area contributed by atoms with Crippen molar-refractivity contribution in [2.24, 2.45) is 0 Å². The number of alkyl halides is 3. The van der Waals surface area contributed by atoms with Crippen molar-refractivity contribution in [1.82, 2.24) is 4.90 Å². The Bertz CT molecular complexity index is 1040. The van der Waals surface area contributed by atoms with Crippen LogP contribution in [0.2, 0.25) is 0 Å². The highest BCUT2D eigenvalue weighted by atomic mass is 19.4. The van der Waals surface area contributed by atoms with Crippen LogP contribution < -0.4 is 5.32 Å². The van der Waals surface area contributed by atoms with Gasteiger partial charge in [0, 0.05) is 0 Å². The maximum absolute atomic E-state index is 13.2. The highest BCUT2D eigenvalue weighted by molar-refractivity contribution is 6.00. The Balaban J connectivity index is 1.82. The Labute approximate surface area is 170 Å². The number of rotatable bonds is 6. The number of aryl methyl sites for hydroxylation is 2. The number of carbonyl (C=O) groups is 2. The first kappa shape index (κ1) is 21.2. The molecule has 158 valence electrons. The summed E-state index contributed by atoms with van der Waals surface area (Å²) >= 11 is 0. The molecule has 3 aromatic rings. The van der Waals surface area contributed by atoms with E-state index in [1.54, 1.807) is 32.0 Å². The van der Waals surface area contributed by atoms with Crippen LogP contribution >= 0.6 is 0 Å². The van der Waals surface area contributed by atoms with E-state index in [9.17, 15) is 22.8 Å². The van der Waals surface area contributed by atoms with E-state index in [1.165, 1.54) is 23.3 Å². The first-order chi connectivity index (χ1) is 14.1. The Morgan fingerprint density at radius 1 is 1.10 bits per heavy atom. The van der Waals surface area contributed by atoms with Gasteiger partial charge in [-0.2, -0.15) is 13.2 Å². The lowest BCUT2D eigenvalue weighted by atomic mass is 10.1. The summed E-state index contributed by atoms with van der Waals surface area (Å²) in [5.41, 5.74) is -1.08. The third kappa shape index (κ3) is 4.91. The fourth-order valence-electron chi connectivity index (χ4n) is 3.01. The SMILES string of the molecule is Cc1cc(C(=O)N(CC(=O)Nc2ccccc2C(F)(F)F)Cc2ccco2)c(C)o1. The number of amides is 2. The van der Waals surface area contributed by atoms with E-state index in [1.807, 2.05) is 0 Å². The Kier molecular flexibility index (Phi) is 6.00. The van der Waals surface area contributed by atoms with Gasteiger partial charge in [-0.3, -0.25) is 9.59 Å². The highest BCUT2D eigenvalue weighted by Crippen LogP contribution is 2.34. The fourth-order valence-corrected chi connectivity index (χ4v) is 3.01.